The zero-order valence-electron chi connectivity index (χ0n) is 36.3. The van der Waals surface area contributed by atoms with E-state index in [1.165, 1.54) is 193 Å². The van der Waals surface area contributed by atoms with Gasteiger partial charge < -0.3 is 14.6 Å². The number of allylic oxidation sites excluding steroid dienone is 4. The van der Waals surface area contributed by atoms with Gasteiger partial charge in [-0.2, -0.15) is 0 Å². The Morgan fingerprint density at radius 3 is 1.13 bits per heavy atom. The van der Waals surface area contributed by atoms with Crippen molar-refractivity contribution in [3.63, 3.8) is 0 Å². The summed E-state index contributed by atoms with van der Waals surface area (Å²) in [6.45, 7) is 4.15. The van der Waals surface area contributed by atoms with Crippen LogP contribution in [0, 0.1) is 0 Å². The molecular formula is C49H92O5. The van der Waals surface area contributed by atoms with Crippen LogP contribution in [0.15, 0.2) is 24.3 Å². The Balaban J connectivity index is 3.47. The Labute approximate surface area is 336 Å². The Morgan fingerprint density at radius 1 is 0.426 bits per heavy atom. The van der Waals surface area contributed by atoms with Crippen LogP contribution in [0.25, 0.3) is 0 Å². The molecule has 0 rings (SSSR count). The van der Waals surface area contributed by atoms with Crippen molar-refractivity contribution in [1.82, 2.24) is 0 Å². The number of aliphatic hydroxyl groups excluding tert-OH is 1. The Morgan fingerprint density at radius 2 is 0.741 bits per heavy atom. The van der Waals surface area contributed by atoms with Crippen molar-refractivity contribution < 1.29 is 24.2 Å². The average molecular weight is 761 g/mol. The first-order valence-electron chi connectivity index (χ1n) is 23.9. The summed E-state index contributed by atoms with van der Waals surface area (Å²) >= 11 is 0. The van der Waals surface area contributed by atoms with Crippen LogP contribution in [0.3, 0.4) is 0 Å². The molecule has 0 saturated heterocycles. The monoisotopic (exact) mass is 761 g/mol. The maximum Gasteiger partial charge on any atom is 0.306 e. The third kappa shape index (κ3) is 43.1. The fraction of sp³-hybridized carbons (Fsp3) is 0.878. The lowest BCUT2D eigenvalue weighted by molar-refractivity contribution is -0.161. The number of hydrogen-bond donors (Lipinski definition) is 1. The highest BCUT2D eigenvalue weighted by atomic mass is 16.6. The van der Waals surface area contributed by atoms with E-state index < -0.39 is 6.10 Å². The molecular weight excluding hydrogens is 669 g/mol. The van der Waals surface area contributed by atoms with Crippen LogP contribution in [-0.4, -0.2) is 36.4 Å². The van der Waals surface area contributed by atoms with E-state index in [9.17, 15) is 14.7 Å². The molecule has 5 nitrogen and oxygen atoms in total. The SMILES string of the molecule is CCCCC/C=C/C/C=C/CCCCCCCCCCCC(=O)O[C@@H](CO)COC(=O)CCCCCCCCCCCCCCCCCCCCCCC. The lowest BCUT2D eigenvalue weighted by atomic mass is 10.0. The number of esters is 2. The van der Waals surface area contributed by atoms with Gasteiger partial charge in [0, 0.05) is 12.8 Å². The van der Waals surface area contributed by atoms with Gasteiger partial charge in [-0.15, -0.1) is 0 Å². The molecule has 54 heavy (non-hydrogen) atoms. The summed E-state index contributed by atoms with van der Waals surface area (Å²) in [6.07, 6.45) is 55.4. The van der Waals surface area contributed by atoms with Gasteiger partial charge in [-0.1, -0.05) is 224 Å². The van der Waals surface area contributed by atoms with Gasteiger partial charge >= 0.3 is 11.9 Å². The van der Waals surface area contributed by atoms with Gasteiger partial charge in [0.05, 0.1) is 6.61 Å². The van der Waals surface area contributed by atoms with Gasteiger partial charge in [0.15, 0.2) is 6.10 Å². The summed E-state index contributed by atoms with van der Waals surface area (Å²) in [7, 11) is 0. The van der Waals surface area contributed by atoms with Gasteiger partial charge in [0.25, 0.3) is 0 Å². The predicted octanol–water partition coefficient (Wildman–Crippen LogP) is 15.4. The minimum absolute atomic E-state index is 0.0623. The van der Waals surface area contributed by atoms with Crippen LogP contribution in [0.5, 0.6) is 0 Å². The van der Waals surface area contributed by atoms with Crippen LogP contribution in [0.4, 0.5) is 0 Å². The van der Waals surface area contributed by atoms with Gasteiger partial charge in [-0.25, -0.2) is 0 Å². The minimum atomic E-state index is -0.770. The molecule has 0 fully saturated rings. The molecule has 0 aliphatic rings. The topological polar surface area (TPSA) is 72.8 Å². The third-order valence-electron chi connectivity index (χ3n) is 10.7. The predicted molar refractivity (Wildman–Crippen MR) is 233 cm³/mol. The number of aliphatic hydroxyl groups is 1. The van der Waals surface area contributed by atoms with Crippen LogP contribution in [-0.2, 0) is 19.1 Å². The molecule has 0 aromatic heterocycles. The summed E-state index contributed by atoms with van der Waals surface area (Å²) in [5, 5.41) is 9.60. The lowest BCUT2D eigenvalue weighted by Gasteiger charge is -2.15. The molecule has 1 atom stereocenters. The van der Waals surface area contributed by atoms with E-state index in [0.717, 1.165) is 38.5 Å². The first-order valence-corrected chi connectivity index (χ1v) is 23.9. The zero-order valence-corrected chi connectivity index (χ0v) is 36.3. The molecule has 0 unspecified atom stereocenters. The Kier molecular flexibility index (Phi) is 44.4. The minimum Gasteiger partial charge on any atom is -0.462 e. The standard InChI is InChI=1S/C49H92O5/c1-3-5-7-9-11-13-15-17-19-21-23-24-26-27-29-31-33-35-37-39-41-43-48(51)53-46-47(45-50)54-49(52)44-42-40-38-36-34-32-30-28-25-22-20-18-16-14-12-10-8-6-4-2/h12,14,18,20,47,50H,3-11,13,15-17,19,21-46H2,1-2H3/b14-12+,20-18+/t47-/m0/s1. The fourth-order valence-electron chi connectivity index (χ4n) is 7.12. The van der Waals surface area contributed by atoms with E-state index in [2.05, 4.69) is 38.2 Å². The highest BCUT2D eigenvalue weighted by molar-refractivity contribution is 5.70. The molecule has 0 radical (unpaired) electrons. The van der Waals surface area contributed by atoms with E-state index in [0.29, 0.717) is 12.8 Å². The van der Waals surface area contributed by atoms with Crippen LogP contribution >= 0.6 is 0 Å². The van der Waals surface area contributed by atoms with Crippen molar-refractivity contribution in [3.8, 4) is 0 Å². The number of carbonyl (C=O) groups excluding carboxylic acids is 2. The van der Waals surface area contributed by atoms with Crippen molar-refractivity contribution in [1.29, 1.82) is 0 Å². The van der Waals surface area contributed by atoms with Crippen molar-refractivity contribution in [3.05, 3.63) is 24.3 Å². The molecule has 318 valence electrons. The van der Waals surface area contributed by atoms with E-state index >= 15 is 0 Å². The van der Waals surface area contributed by atoms with Crippen LogP contribution in [0.1, 0.15) is 258 Å². The molecule has 0 aliphatic heterocycles. The quantitative estimate of drug-likeness (QED) is 0.0380. The summed E-state index contributed by atoms with van der Waals surface area (Å²) < 4.78 is 10.7. The molecule has 0 aromatic carbocycles. The van der Waals surface area contributed by atoms with E-state index in [1.54, 1.807) is 0 Å². The van der Waals surface area contributed by atoms with E-state index in [-0.39, 0.29) is 25.2 Å². The van der Waals surface area contributed by atoms with E-state index in [4.69, 9.17) is 9.47 Å². The number of hydrogen-bond acceptors (Lipinski definition) is 5. The summed E-state index contributed by atoms with van der Waals surface area (Å²) in [5.74, 6) is -0.581. The Bertz CT molecular complexity index is 821. The van der Waals surface area contributed by atoms with Crippen LogP contribution < -0.4 is 0 Å². The van der Waals surface area contributed by atoms with Gasteiger partial charge in [-0.05, 0) is 44.9 Å². The third-order valence-corrected chi connectivity index (χ3v) is 10.7. The summed E-state index contributed by atoms with van der Waals surface area (Å²) in [4.78, 5) is 24.4. The van der Waals surface area contributed by atoms with Crippen molar-refractivity contribution in [2.75, 3.05) is 13.2 Å². The number of ether oxygens (including phenoxy) is 2. The molecule has 0 amide bonds. The highest BCUT2D eigenvalue weighted by Crippen LogP contribution is 2.16. The molecule has 0 spiro atoms. The zero-order chi connectivity index (χ0) is 39.3. The maximum atomic E-state index is 12.2. The molecule has 0 saturated carbocycles. The van der Waals surface area contributed by atoms with Crippen LogP contribution in [0.2, 0.25) is 0 Å². The molecule has 0 bridgehead atoms. The average Bonchev–Trinajstić information content (AvgIpc) is 3.17. The normalized spacial score (nSPS) is 12.3. The number of unbranched alkanes of at least 4 members (excludes halogenated alkanes) is 32. The summed E-state index contributed by atoms with van der Waals surface area (Å²) in [5.41, 5.74) is 0. The molecule has 1 N–H and O–H groups in total. The van der Waals surface area contributed by atoms with Crippen molar-refractivity contribution >= 4 is 11.9 Å². The number of rotatable bonds is 44. The van der Waals surface area contributed by atoms with Gasteiger partial charge in [-0.3, -0.25) is 9.59 Å². The molecule has 0 aromatic rings. The van der Waals surface area contributed by atoms with Crippen molar-refractivity contribution in [2.45, 2.75) is 264 Å². The Hall–Kier alpha value is -1.62. The van der Waals surface area contributed by atoms with Gasteiger partial charge in [0.2, 0.25) is 0 Å². The van der Waals surface area contributed by atoms with Gasteiger partial charge in [0.1, 0.15) is 6.61 Å². The largest absolute Gasteiger partial charge is 0.462 e. The highest BCUT2D eigenvalue weighted by Gasteiger charge is 2.16. The maximum absolute atomic E-state index is 12.2. The molecule has 0 aliphatic carbocycles. The first-order chi connectivity index (χ1) is 26.6. The summed E-state index contributed by atoms with van der Waals surface area (Å²) in [6, 6.07) is 0. The molecule has 0 heterocycles. The second-order valence-electron chi connectivity index (χ2n) is 16.2. The second kappa shape index (κ2) is 45.8. The smallest absolute Gasteiger partial charge is 0.306 e. The van der Waals surface area contributed by atoms with E-state index in [1.807, 2.05) is 0 Å². The first kappa shape index (κ1) is 52.4. The number of carbonyl (C=O) groups is 2. The second-order valence-corrected chi connectivity index (χ2v) is 16.2. The van der Waals surface area contributed by atoms with Crippen molar-refractivity contribution in [2.24, 2.45) is 0 Å². The molecule has 5 heteroatoms. The fourth-order valence-corrected chi connectivity index (χ4v) is 7.12. The lowest BCUT2D eigenvalue weighted by Crippen LogP contribution is -2.28.